The summed E-state index contributed by atoms with van der Waals surface area (Å²) in [4.78, 5) is 0. The second-order valence-corrected chi connectivity index (χ2v) is 1.60. The highest BCUT2D eigenvalue weighted by Crippen LogP contribution is 2.05. The lowest BCUT2D eigenvalue weighted by Gasteiger charge is -1.96. The molecule has 0 aliphatic carbocycles. The Labute approximate surface area is 56.1 Å². The standard InChI is InChI=1S/C5H8O2.C2H6/c6-3-5-1-2-7-4-5;1-2/h1-2,5-6H,3-4H2;1-2H3. The topological polar surface area (TPSA) is 29.5 Å². The Bertz CT molecular complexity index is 79.0. The highest BCUT2D eigenvalue weighted by atomic mass is 16.5. The van der Waals surface area contributed by atoms with E-state index in [0.717, 1.165) is 0 Å². The minimum atomic E-state index is 0.205. The van der Waals surface area contributed by atoms with Crippen molar-refractivity contribution < 1.29 is 9.84 Å². The third-order valence-electron chi connectivity index (χ3n) is 0.992. The molecule has 54 valence electrons. The molecule has 1 aliphatic heterocycles. The third kappa shape index (κ3) is 3.14. The summed E-state index contributed by atoms with van der Waals surface area (Å²) in [6.45, 7) is 4.85. The lowest BCUT2D eigenvalue weighted by Crippen LogP contribution is -2.03. The molecule has 0 amide bonds. The SMILES string of the molecule is CC.OCC1C=COC1. The first-order chi connectivity index (χ1) is 4.43. The van der Waals surface area contributed by atoms with Crippen LogP contribution in [0.15, 0.2) is 12.3 Å². The summed E-state index contributed by atoms with van der Waals surface area (Å²) < 4.78 is 4.81. The number of hydrogen-bond acceptors (Lipinski definition) is 2. The van der Waals surface area contributed by atoms with E-state index in [-0.39, 0.29) is 12.5 Å². The van der Waals surface area contributed by atoms with Gasteiger partial charge in [-0.15, -0.1) is 0 Å². The normalized spacial score (nSPS) is 22.3. The van der Waals surface area contributed by atoms with Gasteiger partial charge in [0, 0.05) is 5.92 Å². The summed E-state index contributed by atoms with van der Waals surface area (Å²) >= 11 is 0. The van der Waals surface area contributed by atoms with E-state index in [1.54, 1.807) is 6.26 Å². The Morgan fingerprint density at radius 2 is 2.33 bits per heavy atom. The maximum absolute atomic E-state index is 8.43. The summed E-state index contributed by atoms with van der Waals surface area (Å²) in [6.07, 6.45) is 3.49. The minimum absolute atomic E-state index is 0.205. The average molecular weight is 130 g/mol. The zero-order valence-corrected chi connectivity index (χ0v) is 6.00. The fourth-order valence-corrected chi connectivity index (χ4v) is 0.515. The smallest absolute Gasteiger partial charge is 0.0959 e. The van der Waals surface area contributed by atoms with Crippen LogP contribution in [-0.4, -0.2) is 18.3 Å². The lowest BCUT2D eigenvalue weighted by molar-refractivity contribution is 0.188. The summed E-state index contributed by atoms with van der Waals surface area (Å²) in [5, 5.41) is 8.43. The van der Waals surface area contributed by atoms with Crippen LogP contribution in [0, 0.1) is 5.92 Å². The molecule has 0 fully saturated rings. The van der Waals surface area contributed by atoms with Gasteiger partial charge in [-0.05, 0) is 6.08 Å². The molecule has 0 saturated heterocycles. The van der Waals surface area contributed by atoms with E-state index in [0.29, 0.717) is 6.61 Å². The zero-order chi connectivity index (χ0) is 7.11. The molecule has 0 bridgehead atoms. The van der Waals surface area contributed by atoms with Crippen LogP contribution in [0.3, 0.4) is 0 Å². The van der Waals surface area contributed by atoms with Crippen LogP contribution in [0.25, 0.3) is 0 Å². The van der Waals surface area contributed by atoms with Gasteiger partial charge in [0.1, 0.15) is 0 Å². The molecule has 2 heteroatoms. The molecular formula is C7H14O2. The van der Waals surface area contributed by atoms with Gasteiger partial charge in [0.25, 0.3) is 0 Å². The summed E-state index contributed by atoms with van der Waals surface area (Å²) in [7, 11) is 0. The Balaban J connectivity index is 0.000000291. The van der Waals surface area contributed by atoms with Crippen molar-refractivity contribution in [2.24, 2.45) is 5.92 Å². The molecule has 9 heavy (non-hydrogen) atoms. The van der Waals surface area contributed by atoms with Crippen molar-refractivity contribution in [3.63, 3.8) is 0 Å². The minimum Gasteiger partial charge on any atom is -0.501 e. The Kier molecular flexibility index (Phi) is 5.32. The van der Waals surface area contributed by atoms with E-state index in [4.69, 9.17) is 9.84 Å². The molecule has 0 saturated carbocycles. The first-order valence-corrected chi connectivity index (χ1v) is 3.32. The lowest BCUT2D eigenvalue weighted by atomic mass is 10.2. The van der Waals surface area contributed by atoms with Gasteiger partial charge in [-0.1, -0.05) is 13.8 Å². The van der Waals surface area contributed by atoms with Crippen LogP contribution < -0.4 is 0 Å². The molecule has 1 N–H and O–H groups in total. The molecule has 1 unspecified atom stereocenters. The van der Waals surface area contributed by atoms with Gasteiger partial charge in [-0.25, -0.2) is 0 Å². The Hall–Kier alpha value is -0.500. The van der Waals surface area contributed by atoms with Crippen molar-refractivity contribution in [1.29, 1.82) is 0 Å². The monoisotopic (exact) mass is 130 g/mol. The van der Waals surface area contributed by atoms with Gasteiger partial charge in [-0.2, -0.15) is 0 Å². The first-order valence-electron chi connectivity index (χ1n) is 3.32. The summed E-state index contributed by atoms with van der Waals surface area (Å²) in [5.74, 6) is 0.250. The van der Waals surface area contributed by atoms with Crippen molar-refractivity contribution in [3.05, 3.63) is 12.3 Å². The molecular weight excluding hydrogens is 116 g/mol. The average Bonchev–Trinajstić information content (AvgIpc) is 2.43. The number of rotatable bonds is 1. The van der Waals surface area contributed by atoms with Crippen LogP contribution in [0.5, 0.6) is 0 Å². The molecule has 2 nitrogen and oxygen atoms in total. The molecule has 1 atom stereocenters. The Morgan fingerprint density at radius 3 is 2.56 bits per heavy atom. The summed E-state index contributed by atoms with van der Waals surface area (Å²) in [5.41, 5.74) is 0. The second-order valence-electron chi connectivity index (χ2n) is 1.60. The van der Waals surface area contributed by atoms with Gasteiger partial charge in [0.05, 0.1) is 19.5 Å². The van der Waals surface area contributed by atoms with Crippen LogP contribution in [0.1, 0.15) is 13.8 Å². The number of ether oxygens (including phenoxy) is 1. The van der Waals surface area contributed by atoms with Crippen LogP contribution in [0.4, 0.5) is 0 Å². The van der Waals surface area contributed by atoms with Crippen LogP contribution in [-0.2, 0) is 4.74 Å². The quantitative estimate of drug-likeness (QED) is 0.577. The van der Waals surface area contributed by atoms with Crippen LogP contribution >= 0.6 is 0 Å². The first kappa shape index (κ1) is 8.50. The number of aliphatic hydroxyl groups is 1. The molecule has 0 radical (unpaired) electrons. The van der Waals surface area contributed by atoms with Gasteiger partial charge in [-0.3, -0.25) is 0 Å². The number of hydrogen-bond donors (Lipinski definition) is 1. The molecule has 0 aromatic rings. The molecule has 0 aromatic carbocycles. The van der Waals surface area contributed by atoms with Crippen molar-refractivity contribution in [2.75, 3.05) is 13.2 Å². The third-order valence-corrected chi connectivity index (χ3v) is 0.992. The summed E-state index contributed by atoms with van der Waals surface area (Å²) in [6, 6.07) is 0. The van der Waals surface area contributed by atoms with E-state index in [9.17, 15) is 0 Å². The highest BCUT2D eigenvalue weighted by Gasteiger charge is 2.06. The molecule has 0 spiro atoms. The van der Waals surface area contributed by atoms with Gasteiger partial charge < -0.3 is 9.84 Å². The number of aliphatic hydroxyl groups excluding tert-OH is 1. The predicted molar refractivity (Wildman–Crippen MR) is 37.0 cm³/mol. The zero-order valence-electron chi connectivity index (χ0n) is 6.00. The maximum Gasteiger partial charge on any atom is 0.0959 e. The molecule has 0 aromatic heterocycles. The fraction of sp³-hybridized carbons (Fsp3) is 0.714. The molecule has 1 aliphatic rings. The van der Waals surface area contributed by atoms with E-state index in [1.807, 2.05) is 19.9 Å². The van der Waals surface area contributed by atoms with E-state index >= 15 is 0 Å². The van der Waals surface area contributed by atoms with E-state index in [1.165, 1.54) is 0 Å². The van der Waals surface area contributed by atoms with E-state index < -0.39 is 0 Å². The molecule has 1 heterocycles. The maximum atomic E-state index is 8.43. The Morgan fingerprint density at radius 1 is 1.67 bits per heavy atom. The van der Waals surface area contributed by atoms with Gasteiger partial charge in [0.2, 0.25) is 0 Å². The van der Waals surface area contributed by atoms with Gasteiger partial charge in [0.15, 0.2) is 0 Å². The highest BCUT2D eigenvalue weighted by molar-refractivity contribution is 4.88. The predicted octanol–water partition coefficient (Wildman–Crippen LogP) is 1.17. The van der Waals surface area contributed by atoms with Crippen LogP contribution in [0.2, 0.25) is 0 Å². The fourth-order valence-electron chi connectivity index (χ4n) is 0.515. The van der Waals surface area contributed by atoms with Crippen molar-refractivity contribution >= 4 is 0 Å². The largest absolute Gasteiger partial charge is 0.501 e. The van der Waals surface area contributed by atoms with Crippen molar-refractivity contribution in [2.45, 2.75) is 13.8 Å². The van der Waals surface area contributed by atoms with E-state index in [2.05, 4.69) is 0 Å². The van der Waals surface area contributed by atoms with Crippen molar-refractivity contribution in [1.82, 2.24) is 0 Å². The van der Waals surface area contributed by atoms with Gasteiger partial charge >= 0.3 is 0 Å². The molecule has 1 rings (SSSR count). The second kappa shape index (κ2) is 5.63. The van der Waals surface area contributed by atoms with Crippen molar-refractivity contribution in [3.8, 4) is 0 Å².